The minimum atomic E-state index is 0.0471. The molecule has 4 nitrogen and oxygen atoms in total. The number of guanidine groups is 1. The Morgan fingerprint density at radius 3 is 2.74 bits per heavy atom. The van der Waals surface area contributed by atoms with Crippen molar-refractivity contribution in [3.8, 4) is 0 Å². The smallest absolute Gasteiger partial charge is 0.191 e. The van der Waals surface area contributed by atoms with Gasteiger partial charge < -0.3 is 15.4 Å². The summed E-state index contributed by atoms with van der Waals surface area (Å²) in [5.74, 6) is 0.867. The fraction of sp³-hybridized carbons (Fsp3) is 0.611. The number of nitrogens with one attached hydrogen (secondary N) is 2. The van der Waals surface area contributed by atoms with E-state index in [1.54, 1.807) is 0 Å². The van der Waals surface area contributed by atoms with Gasteiger partial charge in [0.15, 0.2) is 5.96 Å². The van der Waals surface area contributed by atoms with Gasteiger partial charge in [-0.25, -0.2) is 0 Å². The van der Waals surface area contributed by atoms with Crippen LogP contribution in [0, 0.1) is 0 Å². The number of ether oxygens (including phenoxy) is 1. The van der Waals surface area contributed by atoms with Gasteiger partial charge in [-0.2, -0.15) is 0 Å². The Bertz CT molecular complexity index is 513. The molecule has 1 fully saturated rings. The maximum absolute atomic E-state index is 6.21. The molecule has 5 heteroatoms. The van der Waals surface area contributed by atoms with E-state index in [1.165, 1.54) is 12.0 Å². The highest BCUT2D eigenvalue weighted by Gasteiger charge is 2.34. The summed E-state index contributed by atoms with van der Waals surface area (Å²) in [5, 5.41) is 7.66. The Morgan fingerprint density at radius 2 is 2.09 bits per heavy atom. The average molecular weight is 338 g/mol. The molecular formula is C18H28ClN3O. The molecule has 2 rings (SSSR count). The van der Waals surface area contributed by atoms with E-state index in [9.17, 15) is 0 Å². The Balaban J connectivity index is 2.07. The average Bonchev–Trinajstić information content (AvgIpc) is 2.59. The first-order valence-corrected chi connectivity index (χ1v) is 8.86. The molecule has 0 saturated carbocycles. The van der Waals surface area contributed by atoms with Gasteiger partial charge >= 0.3 is 0 Å². The standard InChI is InChI=1S/C18H28ClN3O/c1-3-4-10-21-17(20-2)22-14-18(8-11-23-12-9-18)15-6-5-7-16(19)13-15/h5-7,13H,3-4,8-12,14H2,1-2H3,(H2,20,21,22). The number of hydrogen-bond donors (Lipinski definition) is 2. The second kappa shape index (κ2) is 9.14. The highest BCUT2D eigenvalue weighted by molar-refractivity contribution is 6.30. The van der Waals surface area contributed by atoms with Crippen LogP contribution in [0.15, 0.2) is 29.3 Å². The molecule has 0 aliphatic carbocycles. The number of aliphatic imine (C=N–C) groups is 1. The number of halogens is 1. The molecule has 1 heterocycles. The molecule has 23 heavy (non-hydrogen) atoms. The lowest BCUT2D eigenvalue weighted by molar-refractivity contribution is 0.0514. The quantitative estimate of drug-likeness (QED) is 0.475. The van der Waals surface area contributed by atoms with Crippen molar-refractivity contribution in [3.05, 3.63) is 34.9 Å². The molecule has 1 aromatic carbocycles. The normalized spacial score (nSPS) is 17.8. The van der Waals surface area contributed by atoms with E-state index < -0.39 is 0 Å². The van der Waals surface area contributed by atoms with Gasteiger partial charge in [0, 0.05) is 43.8 Å². The maximum atomic E-state index is 6.21. The third-order valence-corrected chi connectivity index (χ3v) is 4.76. The zero-order chi connectivity index (χ0) is 16.5. The van der Waals surface area contributed by atoms with E-state index >= 15 is 0 Å². The minimum absolute atomic E-state index is 0.0471. The molecular weight excluding hydrogens is 310 g/mol. The monoisotopic (exact) mass is 337 g/mol. The van der Waals surface area contributed by atoms with Crippen molar-refractivity contribution < 1.29 is 4.74 Å². The molecule has 0 bridgehead atoms. The van der Waals surface area contributed by atoms with Crippen LogP contribution >= 0.6 is 11.6 Å². The number of nitrogens with zero attached hydrogens (tertiary/aromatic N) is 1. The third-order valence-electron chi connectivity index (χ3n) is 4.53. The first-order chi connectivity index (χ1) is 11.2. The van der Waals surface area contributed by atoms with Crippen molar-refractivity contribution in [1.82, 2.24) is 10.6 Å². The molecule has 0 radical (unpaired) electrons. The minimum Gasteiger partial charge on any atom is -0.381 e. The maximum Gasteiger partial charge on any atom is 0.191 e. The fourth-order valence-electron chi connectivity index (χ4n) is 3.01. The second-order valence-corrected chi connectivity index (χ2v) is 6.55. The number of unbranched alkanes of at least 4 members (excludes halogenated alkanes) is 1. The van der Waals surface area contributed by atoms with E-state index in [-0.39, 0.29) is 5.41 Å². The summed E-state index contributed by atoms with van der Waals surface area (Å²) in [7, 11) is 1.82. The Kier molecular flexibility index (Phi) is 7.18. The molecule has 0 spiro atoms. The first-order valence-electron chi connectivity index (χ1n) is 8.48. The van der Waals surface area contributed by atoms with Crippen LogP contribution in [-0.2, 0) is 10.2 Å². The van der Waals surface area contributed by atoms with E-state index in [2.05, 4.69) is 34.7 Å². The molecule has 0 unspecified atom stereocenters. The van der Waals surface area contributed by atoms with Gasteiger partial charge in [0.05, 0.1) is 0 Å². The Morgan fingerprint density at radius 1 is 1.30 bits per heavy atom. The summed E-state index contributed by atoms with van der Waals surface area (Å²) >= 11 is 6.21. The van der Waals surface area contributed by atoms with Gasteiger partial charge in [0.25, 0.3) is 0 Å². The van der Waals surface area contributed by atoms with Gasteiger partial charge in [-0.3, -0.25) is 4.99 Å². The molecule has 1 aromatic rings. The Hall–Kier alpha value is -1.26. The van der Waals surface area contributed by atoms with Crippen LogP contribution in [-0.4, -0.2) is 39.3 Å². The summed E-state index contributed by atoms with van der Waals surface area (Å²) in [6, 6.07) is 8.22. The second-order valence-electron chi connectivity index (χ2n) is 6.11. The molecule has 1 aliphatic rings. The van der Waals surface area contributed by atoms with Crippen molar-refractivity contribution in [2.45, 2.75) is 38.0 Å². The van der Waals surface area contributed by atoms with Crippen molar-refractivity contribution in [1.29, 1.82) is 0 Å². The molecule has 1 saturated heterocycles. The van der Waals surface area contributed by atoms with E-state index in [0.29, 0.717) is 0 Å². The Labute approximate surface area is 144 Å². The van der Waals surface area contributed by atoms with E-state index in [1.807, 2.05) is 19.2 Å². The number of rotatable bonds is 6. The summed E-state index contributed by atoms with van der Waals surface area (Å²) in [4.78, 5) is 4.32. The lowest BCUT2D eigenvalue weighted by atomic mass is 9.74. The van der Waals surface area contributed by atoms with Crippen LogP contribution in [0.1, 0.15) is 38.2 Å². The van der Waals surface area contributed by atoms with Crippen molar-refractivity contribution >= 4 is 17.6 Å². The van der Waals surface area contributed by atoms with Crippen LogP contribution in [0.4, 0.5) is 0 Å². The molecule has 128 valence electrons. The van der Waals surface area contributed by atoms with Crippen LogP contribution in [0.25, 0.3) is 0 Å². The lowest BCUT2D eigenvalue weighted by Gasteiger charge is -2.38. The SMILES string of the molecule is CCCCNC(=NC)NCC1(c2cccc(Cl)c2)CCOCC1. The van der Waals surface area contributed by atoms with Crippen LogP contribution in [0.3, 0.4) is 0 Å². The zero-order valence-electron chi connectivity index (χ0n) is 14.2. The van der Waals surface area contributed by atoms with Crippen LogP contribution in [0.2, 0.25) is 5.02 Å². The number of hydrogen-bond acceptors (Lipinski definition) is 2. The third kappa shape index (κ3) is 5.11. The fourth-order valence-corrected chi connectivity index (χ4v) is 3.20. The summed E-state index contributed by atoms with van der Waals surface area (Å²) in [6.07, 6.45) is 4.31. The predicted molar refractivity (Wildman–Crippen MR) is 97.5 cm³/mol. The van der Waals surface area contributed by atoms with Crippen LogP contribution < -0.4 is 10.6 Å². The zero-order valence-corrected chi connectivity index (χ0v) is 15.0. The largest absolute Gasteiger partial charge is 0.381 e. The molecule has 1 aliphatic heterocycles. The summed E-state index contributed by atoms with van der Waals surface area (Å²) in [5.41, 5.74) is 1.33. The number of benzene rings is 1. The van der Waals surface area contributed by atoms with Crippen LogP contribution in [0.5, 0.6) is 0 Å². The van der Waals surface area contributed by atoms with Crippen molar-refractivity contribution in [2.75, 3.05) is 33.4 Å². The van der Waals surface area contributed by atoms with Crippen molar-refractivity contribution in [2.24, 2.45) is 4.99 Å². The van der Waals surface area contributed by atoms with Gasteiger partial charge in [-0.15, -0.1) is 0 Å². The predicted octanol–water partition coefficient (Wildman–Crippen LogP) is 3.35. The highest BCUT2D eigenvalue weighted by atomic mass is 35.5. The summed E-state index contributed by atoms with van der Waals surface area (Å²) in [6.45, 7) is 5.55. The molecule has 0 aromatic heterocycles. The molecule has 2 N–H and O–H groups in total. The van der Waals surface area contributed by atoms with Gasteiger partial charge in [-0.1, -0.05) is 37.1 Å². The van der Waals surface area contributed by atoms with Gasteiger partial charge in [0.1, 0.15) is 0 Å². The topological polar surface area (TPSA) is 45.7 Å². The van der Waals surface area contributed by atoms with E-state index in [4.69, 9.17) is 16.3 Å². The first kappa shape index (κ1) is 18.1. The molecule has 0 amide bonds. The highest BCUT2D eigenvalue weighted by Crippen LogP contribution is 2.35. The van der Waals surface area contributed by atoms with E-state index in [0.717, 1.165) is 56.5 Å². The van der Waals surface area contributed by atoms with Gasteiger partial charge in [-0.05, 0) is 37.0 Å². The van der Waals surface area contributed by atoms with Crippen molar-refractivity contribution in [3.63, 3.8) is 0 Å². The molecule has 0 atom stereocenters. The van der Waals surface area contributed by atoms with Gasteiger partial charge in [0.2, 0.25) is 0 Å². The summed E-state index contributed by atoms with van der Waals surface area (Å²) < 4.78 is 5.58. The lowest BCUT2D eigenvalue weighted by Crippen LogP contribution is -2.48.